The van der Waals surface area contributed by atoms with E-state index in [1.165, 1.54) is 0 Å². The smallest absolute Gasteiger partial charge is 0.242 e. The van der Waals surface area contributed by atoms with Crippen molar-refractivity contribution in [3.05, 3.63) is 29.8 Å². The molecule has 0 saturated carbocycles. The Labute approximate surface area is 101 Å². The first kappa shape index (κ1) is 11.6. The molecule has 0 saturated heterocycles. The fraction of sp³-hybridized carbons (Fsp3) is 0.385. The average molecular weight is 231 g/mol. The molecule has 1 aliphatic heterocycles. The van der Waals surface area contributed by atoms with Crippen molar-refractivity contribution in [2.75, 3.05) is 12.3 Å². The number of nitrogens with zero attached hydrogens (tertiary/aromatic N) is 2. The largest absolute Gasteiger partial charge is 0.398 e. The normalized spacial score (nSPS) is 14.9. The number of rotatable bonds is 3. The zero-order valence-electron chi connectivity index (χ0n) is 10.0. The number of hydrogen-bond donors (Lipinski definition) is 1. The van der Waals surface area contributed by atoms with E-state index in [1.54, 1.807) is 5.01 Å². The quantitative estimate of drug-likeness (QED) is 0.809. The van der Waals surface area contributed by atoms with Gasteiger partial charge in [0.2, 0.25) is 5.91 Å². The number of benzene rings is 1. The molecule has 2 N–H and O–H groups in total. The number of anilines is 1. The van der Waals surface area contributed by atoms with E-state index in [-0.39, 0.29) is 5.91 Å². The number of hydrogen-bond acceptors (Lipinski definition) is 3. The maximum Gasteiger partial charge on any atom is 0.242 e. The van der Waals surface area contributed by atoms with Gasteiger partial charge in [-0.3, -0.25) is 4.79 Å². The Kier molecular flexibility index (Phi) is 3.42. The van der Waals surface area contributed by atoms with Crippen LogP contribution in [0.1, 0.15) is 31.7 Å². The minimum absolute atomic E-state index is 0.0944. The van der Waals surface area contributed by atoms with Crippen molar-refractivity contribution < 1.29 is 4.79 Å². The van der Waals surface area contributed by atoms with Gasteiger partial charge in [-0.25, -0.2) is 5.01 Å². The Balaban J connectivity index is 2.17. The molecule has 90 valence electrons. The number of nitrogens with two attached hydrogens (primary N) is 1. The summed E-state index contributed by atoms with van der Waals surface area (Å²) in [6.45, 7) is 2.66. The van der Waals surface area contributed by atoms with Crippen LogP contribution in [-0.2, 0) is 4.79 Å². The molecular formula is C13H17N3O. The molecule has 0 aromatic heterocycles. The summed E-state index contributed by atoms with van der Waals surface area (Å²) in [6.07, 6.45) is 2.19. The molecule has 4 heteroatoms. The second kappa shape index (κ2) is 4.99. The number of hydrazone groups is 1. The lowest BCUT2D eigenvalue weighted by atomic mass is 10.1. The maximum atomic E-state index is 11.7. The van der Waals surface area contributed by atoms with E-state index in [1.807, 2.05) is 31.2 Å². The van der Waals surface area contributed by atoms with Gasteiger partial charge in [0.05, 0.1) is 12.3 Å². The highest BCUT2D eigenvalue weighted by molar-refractivity contribution is 6.06. The van der Waals surface area contributed by atoms with E-state index in [0.29, 0.717) is 13.0 Å². The molecule has 0 aliphatic carbocycles. The summed E-state index contributed by atoms with van der Waals surface area (Å²) in [7, 11) is 0. The van der Waals surface area contributed by atoms with E-state index >= 15 is 0 Å². The van der Waals surface area contributed by atoms with Crippen LogP contribution in [0, 0.1) is 0 Å². The van der Waals surface area contributed by atoms with Crippen molar-refractivity contribution in [3.8, 4) is 0 Å². The first-order chi connectivity index (χ1) is 8.22. The molecule has 2 rings (SSSR count). The van der Waals surface area contributed by atoms with Crippen LogP contribution in [0.25, 0.3) is 0 Å². The lowest BCUT2D eigenvalue weighted by Crippen LogP contribution is -2.22. The summed E-state index contributed by atoms with van der Waals surface area (Å²) in [6, 6.07) is 7.63. The zero-order valence-corrected chi connectivity index (χ0v) is 10.0. The van der Waals surface area contributed by atoms with Crippen LogP contribution in [0.4, 0.5) is 5.69 Å². The van der Waals surface area contributed by atoms with Crippen molar-refractivity contribution in [2.45, 2.75) is 26.2 Å². The van der Waals surface area contributed by atoms with Crippen molar-refractivity contribution in [3.63, 3.8) is 0 Å². The number of para-hydroxylation sites is 1. The Hall–Kier alpha value is -1.84. The molecule has 1 aromatic carbocycles. The number of nitrogen functional groups attached to an aromatic ring is 1. The van der Waals surface area contributed by atoms with Crippen LogP contribution < -0.4 is 5.73 Å². The molecular weight excluding hydrogens is 214 g/mol. The number of carbonyl (C=O) groups excluding carboxylic acids is 1. The molecule has 0 atom stereocenters. The van der Waals surface area contributed by atoms with Gasteiger partial charge in [0.25, 0.3) is 0 Å². The van der Waals surface area contributed by atoms with Gasteiger partial charge in [-0.05, 0) is 12.5 Å². The first-order valence-electron chi connectivity index (χ1n) is 5.95. The van der Waals surface area contributed by atoms with E-state index < -0.39 is 0 Å². The van der Waals surface area contributed by atoms with Gasteiger partial charge in [-0.2, -0.15) is 5.10 Å². The molecule has 1 aliphatic rings. The molecule has 0 bridgehead atoms. The standard InChI is InChI=1S/C13H17N3O/c1-2-5-13(17)16-9-8-12(15-16)10-6-3-4-7-11(10)14/h3-4,6-7H,2,5,8-9,14H2,1H3. The third kappa shape index (κ3) is 2.46. The highest BCUT2D eigenvalue weighted by atomic mass is 16.2. The summed E-state index contributed by atoms with van der Waals surface area (Å²) in [5.41, 5.74) is 8.47. The fourth-order valence-electron chi connectivity index (χ4n) is 1.93. The van der Waals surface area contributed by atoms with Crippen LogP contribution in [-0.4, -0.2) is 23.2 Å². The Morgan fingerprint density at radius 2 is 2.24 bits per heavy atom. The van der Waals surface area contributed by atoms with E-state index in [0.717, 1.165) is 29.8 Å². The summed E-state index contributed by atoms with van der Waals surface area (Å²) in [5.74, 6) is 0.0944. The predicted octanol–water partition coefficient (Wildman–Crippen LogP) is 2.01. The molecule has 1 amide bonds. The summed E-state index contributed by atoms with van der Waals surface area (Å²) >= 11 is 0. The van der Waals surface area contributed by atoms with Gasteiger partial charge in [0.1, 0.15) is 0 Å². The predicted molar refractivity (Wildman–Crippen MR) is 68.6 cm³/mol. The SMILES string of the molecule is CCCC(=O)N1CCC(c2ccccc2N)=N1. The maximum absolute atomic E-state index is 11.7. The molecule has 1 aromatic rings. The lowest BCUT2D eigenvalue weighted by molar-refractivity contribution is -0.130. The van der Waals surface area contributed by atoms with Crippen LogP contribution >= 0.6 is 0 Å². The third-order valence-corrected chi connectivity index (χ3v) is 2.83. The molecule has 0 spiro atoms. The van der Waals surface area contributed by atoms with Crippen LogP contribution in [0.15, 0.2) is 29.4 Å². The fourth-order valence-corrected chi connectivity index (χ4v) is 1.93. The molecule has 4 nitrogen and oxygen atoms in total. The number of carbonyl (C=O) groups is 1. The molecule has 0 fully saturated rings. The van der Waals surface area contributed by atoms with Crippen molar-refractivity contribution in [2.24, 2.45) is 5.10 Å². The molecule has 0 radical (unpaired) electrons. The van der Waals surface area contributed by atoms with Gasteiger partial charge in [-0.15, -0.1) is 0 Å². The molecule has 0 unspecified atom stereocenters. The van der Waals surface area contributed by atoms with E-state index in [4.69, 9.17) is 5.73 Å². The van der Waals surface area contributed by atoms with E-state index in [2.05, 4.69) is 5.10 Å². The Bertz CT molecular complexity index is 454. The topological polar surface area (TPSA) is 58.7 Å². The molecule has 1 heterocycles. The van der Waals surface area contributed by atoms with Crippen molar-refractivity contribution in [1.29, 1.82) is 0 Å². The minimum atomic E-state index is 0.0944. The Morgan fingerprint density at radius 1 is 1.47 bits per heavy atom. The highest BCUT2D eigenvalue weighted by Gasteiger charge is 2.21. The van der Waals surface area contributed by atoms with E-state index in [9.17, 15) is 4.79 Å². The van der Waals surface area contributed by atoms with Gasteiger partial charge >= 0.3 is 0 Å². The average Bonchev–Trinajstić information content (AvgIpc) is 2.79. The second-order valence-electron chi connectivity index (χ2n) is 4.15. The van der Waals surface area contributed by atoms with Gasteiger partial charge in [0, 0.05) is 24.1 Å². The lowest BCUT2D eigenvalue weighted by Gasteiger charge is -2.09. The van der Waals surface area contributed by atoms with Gasteiger partial charge < -0.3 is 5.73 Å². The van der Waals surface area contributed by atoms with Crippen LogP contribution in [0.3, 0.4) is 0 Å². The highest BCUT2D eigenvalue weighted by Crippen LogP contribution is 2.19. The van der Waals surface area contributed by atoms with Crippen molar-refractivity contribution in [1.82, 2.24) is 5.01 Å². The van der Waals surface area contributed by atoms with Gasteiger partial charge in [-0.1, -0.05) is 25.1 Å². The monoisotopic (exact) mass is 231 g/mol. The minimum Gasteiger partial charge on any atom is -0.398 e. The van der Waals surface area contributed by atoms with Crippen LogP contribution in [0.2, 0.25) is 0 Å². The number of amides is 1. The van der Waals surface area contributed by atoms with Gasteiger partial charge in [0.15, 0.2) is 0 Å². The summed E-state index contributed by atoms with van der Waals surface area (Å²) in [4.78, 5) is 11.7. The Morgan fingerprint density at radius 3 is 2.94 bits per heavy atom. The first-order valence-corrected chi connectivity index (χ1v) is 5.95. The van der Waals surface area contributed by atoms with Crippen LogP contribution in [0.5, 0.6) is 0 Å². The zero-order chi connectivity index (χ0) is 12.3. The van der Waals surface area contributed by atoms with Crippen molar-refractivity contribution >= 4 is 17.3 Å². The summed E-state index contributed by atoms with van der Waals surface area (Å²) in [5, 5.41) is 5.92. The summed E-state index contributed by atoms with van der Waals surface area (Å²) < 4.78 is 0. The third-order valence-electron chi connectivity index (χ3n) is 2.83. The second-order valence-corrected chi connectivity index (χ2v) is 4.15. The molecule has 17 heavy (non-hydrogen) atoms.